The van der Waals surface area contributed by atoms with E-state index >= 15 is 0 Å². The number of hydrogen-bond donors (Lipinski definition) is 0. The Hall–Kier alpha value is -2.69. The average Bonchev–Trinajstić information content (AvgIpc) is 2.63. The highest BCUT2D eigenvalue weighted by atomic mass is 16.6. The Morgan fingerprint density at radius 1 is 0.958 bits per heavy atom. The van der Waals surface area contributed by atoms with E-state index in [2.05, 4.69) is 5.16 Å². The van der Waals surface area contributed by atoms with Crippen molar-refractivity contribution in [3.63, 3.8) is 0 Å². The number of rotatable bonds is 10. The molecular formula is C19H23NO4. The first-order chi connectivity index (χ1) is 11.8. The van der Waals surface area contributed by atoms with Gasteiger partial charge in [-0.05, 0) is 37.3 Å². The molecule has 2 rings (SSSR count). The number of oxime groups is 1. The maximum Gasteiger partial charge on any atom is 0.161 e. The van der Waals surface area contributed by atoms with Gasteiger partial charge < -0.3 is 19.0 Å². The molecule has 0 amide bonds. The Labute approximate surface area is 142 Å². The van der Waals surface area contributed by atoms with Crippen LogP contribution in [0.3, 0.4) is 0 Å². The Balaban J connectivity index is 1.70. The fraction of sp³-hybridized carbons (Fsp3) is 0.316. The van der Waals surface area contributed by atoms with E-state index in [0.717, 1.165) is 23.5 Å². The summed E-state index contributed by atoms with van der Waals surface area (Å²) in [6.45, 7) is 3.62. The third-order valence-corrected chi connectivity index (χ3v) is 3.16. The van der Waals surface area contributed by atoms with E-state index in [4.69, 9.17) is 19.0 Å². The molecule has 0 heterocycles. The molecule has 24 heavy (non-hydrogen) atoms. The minimum atomic E-state index is 0.498. The van der Waals surface area contributed by atoms with Crippen LogP contribution < -0.4 is 14.2 Å². The van der Waals surface area contributed by atoms with E-state index in [-0.39, 0.29) is 0 Å². The number of methoxy groups -OCH3 is 1. The summed E-state index contributed by atoms with van der Waals surface area (Å²) in [5.74, 6) is 2.26. The fourth-order valence-corrected chi connectivity index (χ4v) is 2.02. The number of ether oxygens (including phenoxy) is 3. The highest BCUT2D eigenvalue weighted by Crippen LogP contribution is 2.27. The molecule has 2 aromatic carbocycles. The molecule has 2 aromatic rings. The van der Waals surface area contributed by atoms with Gasteiger partial charge in [-0.2, -0.15) is 0 Å². The summed E-state index contributed by atoms with van der Waals surface area (Å²) in [6.07, 6.45) is 2.41. The molecule has 5 nitrogen and oxygen atoms in total. The highest BCUT2D eigenvalue weighted by Gasteiger charge is 2.04. The van der Waals surface area contributed by atoms with Crippen LogP contribution in [-0.2, 0) is 4.84 Å². The lowest BCUT2D eigenvalue weighted by molar-refractivity contribution is 0.129. The summed E-state index contributed by atoms with van der Waals surface area (Å²) in [5, 5.41) is 3.96. The number of nitrogens with zero attached hydrogens (tertiary/aromatic N) is 1. The van der Waals surface area contributed by atoms with Crippen LogP contribution in [0.2, 0.25) is 0 Å². The van der Waals surface area contributed by atoms with Crippen molar-refractivity contribution in [1.82, 2.24) is 0 Å². The van der Waals surface area contributed by atoms with Gasteiger partial charge in [0.2, 0.25) is 0 Å². The normalized spacial score (nSPS) is 10.6. The van der Waals surface area contributed by atoms with E-state index < -0.39 is 0 Å². The first-order valence-corrected chi connectivity index (χ1v) is 7.97. The molecule has 0 aromatic heterocycles. The molecule has 0 aliphatic rings. The summed E-state index contributed by atoms with van der Waals surface area (Å²) < 4.78 is 16.3. The Morgan fingerprint density at radius 3 is 2.54 bits per heavy atom. The van der Waals surface area contributed by atoms with E-state index in [1.807, 2.05) is 55.5 Å². The van der Waals surface area contributed by atoms with E-state index in [9.17, 15) is 0 Å². The summed E-state index contributed by atoms with van der Waals surface area (Å²) in [5.41, 5.74) is 0.885. The smallest absolute Gasteiger partial charge is 0.161 e. The maximum atomic E-state index is 5.57. The lowest BCUT2D eigenvalue weighted by Crippen LogP contribution is -2.01. The average molecular weight is 329 g/mol. The van der Waals surface area contributed by atoms with Crippen molar-refractivity contribution in [2.75, 3.05) is 26.9 Å². The van der Waals surface area contributed by atoms with Crippen molar-refractivity contribution < 1.29 is 19.0 Å². The summed E-state index contributed by atoms with van der Waals surface area (Å²) in [7, 11) is 1.61. The van der Waals surface area contributed by atoms with Gasteiger partial charge in [0.25, 0.3) is 0 Å². The summed E-state index contributed by atoms with van der Waals surface area (Å²) >= 11 is 0. The van der Waals surface area contributed by atoms with Gasteiger partial charge >= 0.3 is 0 Å². The molecule has 128 valence electrons. The third-order valence-electron chi connectivity index (χ3n) is 3.16. The zero-order valence-electron chi connectivity index (χ0n) is 14.1. The molecule has 5 heteroatoms. The van der Waals surface area contributed by atoms with Crippen molar-refractivity contribution in [2.45, 2.75) is 13.3 Å². The zero-order chi connectivity index (χ0) is 17.0. The molecule has 0 bridgehead atoms. The fourth-order valence-electron chi connectivity index (χ4n) is 2.02. The van der Waals surface area contributed by atoms with Crippen molar-refractivity contribution in [3.8, 4) is 17.2 Å². The quantitative estimate of drug-likeness (QED) is 0.377. The van der Waals surface area contributed by atoms with Gasteiger partial charge in [0.05, 0.1) is 26.5 Å². The van der Waals surface area contributed by atoms with Gasteiger partial charge in [-0.1, -0.05) is 23.4 Å². The SMILES string of the molecule is CCOc1ccc(/C=N/OCCCOc2ccccc2)cc1OC. The van der Waals surface area contributed by atoms with E-state index in [1.54, 1.807) is 13.3 Å². The molecule has 0 saturated carbocycles. The second-order valence-electron chi connectivity index (χ2n) is 4.93. The minimum absolute atomic E-state index is 0.498. The summed E-state index contributed by atoms with van der Waals surface area (Å²) in [6, 6.07) is 15.3. The van der Waals surface area contributed by atoms with Gasteiger partial charge in [-0.15, -0.1) is 0 Å². The topological polar surface area (TPSA) is 49.3 Å². The molecule has 0 N–H and O–H groups in total. The predicted octanol–water partition coefficient (Wildman–Crippen LogP) is 3.91. The van der Waals surface area contributed by atoms with Crippen LogP contribution in [-0.4, -0.2) is 33.1 Å². The van der Waals surface area contributed by atoms with Crippen molar-refractivity contribution in [3.05, 3.63) is 54.1 Å². The van der Waals surface area contributed by atoms with Gasteiger partial charge in [-0.25, -0.2) is 0 Å². The van der Waals surface area contributed by atoms with E-state index in [0.29, 0.717) is 25.6 Å². The van der Waals surface area contributed by atoms with Crippen LogP contribution in [0.5, 0.6) is 17.2 Å². The number of benzene rings is 2. The first-order valence-electron chi connectivity index (χ1n) is 7.97. The lowest BCUT2D eigenvalue weighted by Gasteiger charge is -2.09. The molecule has 0 unspecified atom stereocenters. The molecule has 0 radical (unpaired) electrons. The van der Waals surface area contributed by atoms with Crippen molar-refractivity contribution in [1.29, 1.82) is 0 Å². The molecular weight excluding hydrogens is 306 g/mol. The minimum Gasteiger partial charge on any atom is -0.493 e. The van der Waals surface area contributed by atoms with Gasteiger partial charge in [0.15, 0.2) is 11.5 Å². The predicted molar refractivity (Wildman–Crippen MR) is 94.3 cm³/mol. The standard InChI is InChI=1S/C19H23NO4/c1-3-22-18-11-10-16(14-19(18)21-2)15-20-24-13-7-12-23-17-8-5-4-6-9-17/h4-6,8-11,14-15H,3,7,12-13H2,1-2H3/b20-15+. The van der Waals surface area contributed by atoms with Crippen LogP contribution in [0, 0.1) is 0 Å². The molecule has 0 aliphatic carbocycles. The van der Waals surface area contributed by atoms with Gasteiger partial charge in [0, 0.05) is 12.0 Å². The highest BCUT2D eigenvalue weighted by molar-refractivity contribution is 5.80. The summed E-state index contributed by atoms with van der Waals surface area (Å²) in [4.78, 5) is 5.24. The maximum absolute atomic E-state index is 5.57. The van der Waals surface area contributed by atoms with Crippen LogP contribution in [0.1, 0.15) is 18.9 Å². The molecule has 0 fully saturated rings. The molecule has 0 saturated heterocycles. The van der Waals surface area contributed by atoms with Crippen LogP contribution >= 0.6 is 0 Å². The van der Waals surface area contributed by atoms with Crippen LogP contribution in [0.25, 0.3) is 0 Å². The zero-order valence-corrected chi connectivity index (χ0v) is 14.1. The van der Waals surface area contributed by atoms with Crippen molar-refractivity contribution >= 4 is 6.21 Å². The lowest BCUT2D eigenvalue weighted by atomic mass is 10.2. The monoisotopic (exact) mass is 329 g/mol. The molecule has 0 spiro atoms. The third kappa shape index (κ3) is 5.83. The van der Waals surface area contributed by atoms with Crippen molar-refractivity contribution in [2.24, 2.45) is 5.16 Å². The van der Waals surface area contributed by atoms with E-state index in [1.165, 1.54) is 0 Å². The first kappa shape index (κ1) is 17.7. The van der Waals surface area contributed by atoms with Crippen LogP contribution in [0.15, 0.2) is 53.7 Å². The molecule has 0 aliphatic heterocycles. The van der Waals surface area contributed by atoms with Gasteiger partial charge in [-0.3, -0.25) is 0 Å². The number of hydrogen-bond acceptors (Lipinski definition) is 5. The van der Waals surface area contributed by atoms with Crippen LogP contribution in [0.4, 0.5) is 0 Å². The van der Waals surface area contributed by atoms with Gasteiger partial charge in [0.1, 0.15) is 12.4 Å². The second kappa shape index (κ2) is 10.2. The largest absolute Gasteiger partial charge is 0.493 e. The number of para-hydroxylation sites is 1. The molecule has 0 atom stereocenters. The Morgan fingerprint density at radius 2 is 1.79 bits per heavy atom. The Bertz CT molecular complexity index is 629. The second-order valence-corrected chi connectivity index (χ2v) is 4.93. The Kier molecular flexibility index (Phi) is 7.47.